The standard InChI is InChI=1S/C17H24N2O5/c1-10(2)18(11(3)4)17(22)13-15(21)16(24-19(13)23)14(20)12-8-6-5-7-9-12/h5-11,14-16,20-21H,1-4H3/t14-,15+,16-/m0/s1. The van der Waals surface area contributed by atoms with E-state index in [1.54, 1.807) is 30.3 Å². The Kier molecular flexibility index (Phi) is 5.46. The van der Waals surface area contributed by atoms with Gasteiger partial charge in [0.1, 0.15) is 6.10 Å². The summed E-state index contributed by atoms with van der Waals surface area (Å²) in [6.45, 7) is 7.30. The number of nitrogens with zero attached hydrogens (tertiary/aromatic N) is 2. The molecular formula is C17H24N2O5. The van der Waals surface area contributed by atoms with E-state index in [9.17, 15) is 20.2 Å². The van der Waals surface area contributed by atoms with Crippen LogP contribution in [0.3, 0.4) is 0 Å². The second-order valence-corrected chi connectivity index (χ2v) is 6.41. The summed E-state index contributed by atoms with van der Waals surface area (Å²) in [4.78, 5) is 19.2. The molecule has 2 rings (SSSR count). The van der Waals surface area contributed by atoms with E-state index < -0.39 is 29.9 Å². The minimum atomic E-state index is -1.51. The maximum Gasteiger partial charge on any atom is 0.338 e. The van der Waals surface area contributed by atoms with E-state index in [1.807, 2.05) is 27.7 Å². The van der Waals surface area contributed by atoms with Crippen LogP contribution < -0.4 is 0 Å². The summed E-state index contributed by atoms with van der Waals surface area (Å²) in [5.41, 5.74) is 0.0885. The quantitative estimate of drug-likeness (QED) is 0.782. The Morgan fingerprint density at radius 1 is 1.21 bits per heavy atom. The molecule has 1 aliphatic heterocycles. The van der Waals surface area contributed by atoms with Crippen molar-refractivity contribution in [1.29, 1.82) is 0 Å². The average Bonchev–Trinajstić information content (AvgIpc) is 2.81. The third kappa shape index (κ3) is 3.37. The molecule has 0 bridgehead atoms. The Bertz CT molecular complexity index is 607. The van der Waals surface area contributed by atoms with Gasteiger partial charge in [-0.1, -0.05) is 30.3 Å². The van der Waals surface area contributed by atoms with Gasteiger partial charge in [-0.25, -0.2) is 0 Å². The fourth-order valence-electron chi connectivity index (χ4n) is 2.96. The first-order valence-corrected chi connectivity index (χ1v) is 8.00. The van der Waals surface area contributed by atoms with Gasteiger partial charge >= 0.3 is 11.6 Å². The van der Waals surface area contributed by atoms with Gasteiger partial charge in [0, 0.05) is 12.1 Å². The second kappa shape index (κ2) is 7.19. The summed E-state index contributed by atoms with van der Waals surface area (Å²) in [6, 6.07) is 8.25. The highest BCUT2D eigenvalue weighted by molar-refractivity contribution is 6.38. The Hall–Kier alpha value is -2.12. The van der Waals surface area contributed by atoms with Crippen LogP contribution in [-0.2, 0) is 9.63 Å². The molecule has 1 amide bonds. The summed E-state index contributed by atoms with van der Waals surface area (Å²) in [7, 11) is 0. The molecule has 0 aliphatic carbocycles. The lowest BCUT2D eigenvalue weighted by atomic mass is 9.97. The van der Waals surface area contributed by atoms with Crippen LogP contribution >= 0.6 is 0 Å². The first kappa shape index (κ1) is 18.2. The third-order valence-corrected chi connectivity index (χ3v) is 4.02. The summed E-state index contributed by atoms with van der Waals surface area (Å²) in [5, 5.41) is 32.9. The second-order valence-electron chi connectivity index (χ2n) is 6.41. The average molecular weight is 336 g/mol. The summed E-state index contributed by atoms with van der Waals surface area (Å²) in [6.07, 6.45) is -3.97. The van der Waals surface area contributed by atoms with Crippen molar-refractivity contribution in [2.45, 2.75) is 58.1 Å². The molecule has 3 atom stereocenters. The number of rotatable bonds is 5. The van der Waals surface area contributed by atoms with Crippen LogP contribution in [0.4, 0.5) is 0 Å². The molecule has 0 fully saturated rings. The lowest BCUT2D eigenvalue weighted by Gasteiger charge is -2.29. The highest BCUT2D eigenvalue weighted by Crippen LogP contribution is 2.26. The van der Waals surface area contributed by atoms with Crippen LogP contribution in [0, 0.1) is 5.21 Å². The number of aliphatic hydroxyl groups excluding tert-OH is 2. The minimum absolute atomic E-state index is 0.0294. The number of hydrogen-bond acceptors (Lipinski definition) is 5. The van der Waals surface area contributed by atoms with Gasteiger partial charge in [-0.05, 0) is 33.3 Å². The molecule has 1 aromatic carbocycles. The topological polar surface area (TPSA) is 96.1 Å². The van der Waals surface area contributed by atoms with Gasteiger partial charge < -0.3 is 20.0 Å². The first-order valence-electron chi connectivity index (χ1n) is 8.00. The molecule has 7 heteroatoms. The highest BCUT2D eigenvalue weighted by Gasteiger charge is 2.48. The number of hydrogen-bond donors (Lipinski definition) is 2. The fourth-order valence-corrected chi connectivity index (χ4v) is 2.96. The van der Waals surface area contributed by atoms with E-state index in [2.05, 4.69) is 0 Å². The molecular weight excluding hydrogens is 312 g/mol. The van der Waals surface area contributed by atoms with Crippen molar-refractivity contribution < 1.29 is 24.7 Å². The predicted octanol–water partition coefficient (Wildman–Crippen LogP) is 0.991. The smallest absolute Gasteiger partial charge is 0.338 e. The van der Waals surface area contributed by atoms with Crippen molar-refractivity contribution in [3.8, 4) is 0 Å². The zero-order valence-corrected chi connectivity index (χ0v) is 14.3. The van der Waals surface area contributed by atoms with Gasteiger partial charge in [-0.2, -0.15) is 0 Å². The van der Waals surface area contributed by atoms with E-state index >= 15 is 0 Å². The third-order valence-electron chi connectivity index (χ3n) is 4.02. The van der Waals surface area contributed by atoms with Crippen LogP contribution in [-0.4, -0.2) is 55.9 Å². The van der Waals surface area contributed by atoms with Gasteiger partial charge in [-0.15, -0.1) is 0 Å². The van der Waals surface area contributed by atoms with Gasteiger partial charge in [0.25, 0.3) is 0 Å². The lowest BCUT2D eigenvalue weighted by molar-refractivity contribution is -0.742. The van der Waals surface area contributed by atoms with E-state index in [4.69, 9.17) is 4.84 Å². The Morgan fingerprint density at radius 3 is 2.25 bits per heavy atom. The molecule has 0 saturated carbocycles. The Labute approximate surface area is 141 Å². The summed E-state index contributed by atoms with van der Waals surface area (Å²) >= 11 is 0. The lowest BCUT2D eigenvalue weighted by Crippen LogP contribution is -2.50. The van der Waals surface area contributed by atoms with E-state index in [0.717, 1.165) is 0 Å². The number of benzene rings is 1. The molecule has 7 nitrogen and oxygen atoms in total. The van der Waals surface area contributed by atoms with Crippen LogP contribution in [0.15, 0.2) is 30.3 Å². The summed E-state index contributed by atoms with van der Waals surface area (Å²) < 4.78 is 0. The van der Waals surface area contributed by atoms with E-state index in [-0.39, 0.29) is 17.0 Å². The van der Waals surface area contributed by atoms with Gasteiger partial charge in [0.05, 0.1) is 11.0 Å². The van der Waals surface area contributed by atoms with Crippen molar-refractivity contribution >= 4 is 11.6 Å². The molecule has 1 aliphatic rings. The number of carbonyl (C=O) groups is 1. The Morgan fingerprint density at radius 2 is 1.75 bits per heavy atom. The summed E-state index contributed by atoms with van der Waals surface area (Å²) in [5.74, 6) is -0.592. The molecule has 24 heavy (non-hydrogen) atoms. The van der Waals surface area contributed by atoms with Crippen LogP contribution in [0.2, 0.25) is 0 Å². The first-order chi connectivity index (χ1) is 11.3. The van der Waals surface area contributed by atoms with Crippen molar-refractivity contribution in [2.75, 3.05) is 0 Å². The molecule has 132 valence electrons. The van der Waals surface area contributed by atoms with E-state index in [0.29, 0.717) is 5.56 Å². The maximum absolute atomic E-state index is 12.7. The number of aliphatic hydroxyl groups is 2. The molecule has 0 radical (unpaired) electrons. The van der Waals surface area contributed by atoms with Crippen LogP contribution in [0.1, 0.15) is 39.4 Å². The molecule has 2 N–H and O–H groups in total. The van der Waals surface area contributed by atoms with Crippen molar-refractivity contribution in [1.82, 2.24) is 4.90 Å². The van der Waals surface area contributed by atoms with Gasteiger partial charge in [0.2, 0.25) is 0 Å². The van der Waals surface area contributed by atoms with Crippen molar-refractivity contribution in [3.63, 3.8) is 0 Å². The molecule has 0 aromatic heterocycles. The Balaban J connectivity index is 2.24. The zero-order chi connectivity index (χ0) is 18.0. The van der Waals surface area contributed by atoms with Crippen molar-refractivity contribution in [2.24, 2.45) is 0 Å². The molecule has 1 aromatic rings. The van der Waals surface area contributed by atoms with Gasteiger partial charge in [0.15, 0.2) is 6.10 Å². The van der Waals surface area contributed by atoms with Crippen molar-refractivity contribution in [3.05, 3.63) is 41.1 Å². The van der Waals surface area contributed by atoms with E-state index in [1.165, 1.54) is 4.90 Å². The molecule has 0 unspecified atom stereocenters. The monoisotopic (exact) mass is 336 g/mol. The minimum Gasteiger partial charge on any atom is -0.393 e. The van der Waals surface area contributed by atoms with Crippen LogP contribution in [0.5, 0.6) is 0 Å². The number of carbonyl (C=O) groups excluding carboxylic acids is 1. The highest BCUT2D eigenvalue weighted by atomic mass is 16.9. The maximum atomic E-state index is 12.7. The number of amides is 1. The molecule has 0 saturated heterocycles. The van der Waals surface area contributed by atoms with Crippen LogP contribution in [0.25, 0.3) is 0 Å². The predicted molar refractivity (Wildman–Crippen MR) is 88.0 cm³/mol. The molecule has 1 heterocycles. The largest absolute Gasteiger partial charge is 0.393 e. The van der Waals surface area contributed by atoms with Gasteiger partial charge in [-0.3, -0.25) is 10.0 Å². The SMILES string of the molecule is CC(C)N(C(=O)C1=[N+]([O-])O[C@@H]([C@@H](O)c2ccccc2)[C@@H]1O)C(C)C. The zero-order valence-electron chi connectivity index (χ0n) is 14.3. The normalized spacial score (nSPS) is 22.0. The molecule has 0 spiro atoms. The fraction of sp³-hybridized carbons (Fsp3) is 0.529.